The van der Waals surface area contributed by atoms with Crippen LogP contribution in [0.1, 0.15) is 39.2 Å². The van der Waals surface area contributed by atoms with E-state index in [0.29, 0.717) is 18.6 Å². The van der Waals surface area contributed by atoms with E-state index in [1.54, 1.807) is 54.6 Å². The van der Waals surface area contributed by atoms with E-state index in [0.717, 1.165) is 5.56 Å². The molecule has 11 nitrogen and oxygen atoms in total. The van der Waals surface area contributed by atoms with Crippen LogP contribution in [-0.4, -0.2) is 53.8 Å². The maximum atomic E-state index is 13.6. The molecule has 12 heteroatoms. The van der Waals surface area contributed by atoms with E-state index in [2.05, 4.69) is 24.7 Å². The van der Waals surface area contributed by atoms with Gasteiger partial charge in [0.1, 0.15) is 0 Å². The van der Waals surface area contributed by atoms with Gasteiger partial charge in [0, 0.05) is 19.0 Å². The van der Waals surface area contributed by atoms with Gasteiger partial charge in [-0.05, 0) is 54.2 Å². The van der Waals surface area contributed by atoms with Crippen molar-refractivity contribution in [2.75, 3.05) is 25.0 Å². The van der Waals surface area contributed by atoms with Gasteiger partial charge in [-0.15, -0.1) is 0 Å². The Morgan fingerprint density at radius 3 is 2.20 bits per heavy atom. The maximum absolute atomic E-state index is 13.6. The molecule has 0 aliphatic carbocycles. The molecule has 2 aromatic carbocycles. The Morgan fingerprint density at radius 1 is 0.878 bits per heavy atom. The number of aromatic nitrogens is 4. The molecule has 0 spiro atoms. The smallest absolute Gasteiger partial charge is 0.263 e. The second-order valence-electron chi connectivity index (χ2n) is 10.0. The molecule has 2 N–H and O–H groups in total. The van der Waals surface area contributed by atoms with Gasteiger partial charge in [-0.2, -0.15) is 4.98 Å². The molecule has 41 heavy (non-hydrogen) atoms. The molecule has 0 aliphatic rings. The first-order valence-corrected chi connectivity index (χ1v) is 14.5. The molecular weight excluding hydrogens is 546 g/mol. The van der Waals surface area contributed by atoms with Crippen LogP contribution in [0.15, 0.2) is 71.9 Å². The molecule has 0 unspecified atom stereocenters. The molecule has 0 amide bonds. The van der Waals surface area contributed by atoms with Gasteiger partial charge in [-0.25, -0.2) is 23.4 Å². The highest BCUT2D eigenvalue weighted by Crippen LogP contribution is 2.41. The van der Waals surface area contributed by atoms with Crippen molar-refractivity contribution in [1.82, 2.24) is 19.9 Å². The number of benzene rings is 2. The molecule has 0 saturated heterocycles. The Morgan fingerprint density at radius 2 is 1.56 bits per heavy atom. The highest BCUT2D eigenvalue weighted by molar-refractivity contribution is 7.92. The van der Waals surface area contributed by atoms with Crippen molar-refractivity contribution in [2.45, 2.75) is 43.9 Å². The first-order valence-electron chi connectivity index (χ1n) is 13.0. The second kappa shape index (κ2) is 12.9. The Bertz CT molecular complexity index is 1560. The zero-order chi connectivity index (χ0) is 29.5. The predicted octanol–water partition coefficient (Wildman–Crippen LogP) is 4.98. The number of sulfonamides is 1. The Balaban J connectivity index is 1.84. The monoisotopic (exact) mass is 579 g/mol. The van der Waals surface area contributed by atoms with Gasteiger partial charge in [0.2, 0.25) is 11.6 Å². The Hall–Kier alpha value is -4.29. The van der Waals surface area contributed by atoms with Crippen LogP contribution in [0.4, 0.5) is 5.82 Å². The van der Waals surface area contributed by atoms with Gasteiger partial charge in [0.25, 0.3) is 15.9 Å². The summed E-state index contributed by atoms with van der Waals surface area (Å²) in [6.07, 6.45) is 4.07. The summed E-state index contributed by atoms with van der Waals surface area (Å²) in [5, 5.41) is 9.19. The summed E-state index contributed by atoms with van der Waals surface area (Å²) < 4.78 is 47.3. The fourth-order valence-corrected chi connectivity index (χ4v) is 4.72. The number of nitrogens with one attached hydrogen (secondary N) is 1. The van der Waals surface area contributed by atoms with Crippen molar-refractivity contribution in [2.24, 2.45) is 0 Å². The maximum Gasteiger partial charge on any atom is 0.263 e. The lowest BCUT2D eigenvalue weighted by Gasteiger charge is -2.20. The zero-order valence-electron chi connectivity index (χ0n) is 23.4. The third-order valence-corrected chi connectivity index (χ3v) is 7.29. The number of rotatable bonds is 12. The van der Waals surface area contributed by atoms with Gasteiger partial charge in [-0.1, -0.05) is 45.0 Å². The van der Waals surface area contributed by atoms with Crippen molar-refractivity contribution >= 4 is 15.8 Å². The van der Waals surface area contributed by atoms with Crippen LogP contribution >= 0.6 is 0 Å². The number of para-hydroxylation sites is 2. The van der Waals surface area contributed by atoms with Gasteiger partial charge in [0.15, 0.2) is 23.1 Å². The van der Waals surface area contributed by atoms with Crippen LogP contribution in [0, 0.1) is 0 Å². The number of methoxy groups -OCH3 is 1. The van der Waals surface area contributed by atoms with Crippen molar-refractivity contribution in [1.29, 1.82) is 0 Å². The molecule has 216 valence electrons. The van der Waals surface area contributed by atoms with E-state index in [9.17, 15) is 13.5 Å². The summed E-state index contributed by atoms with van der Waals surface area (Å²) in [6, 6.07) is 15.1. The van der Waals surface area contributed by atoms with Crippen LogP contribution in [0.3, 0.4) is 0 Å². The number of unbranched alkanes of at least 4 members (excludes halogenated alkanes) is 1. The molecule has 0 saturated carbocycles. The standard InChI is InChI=1S/C29H33N5O6S/c1-29(2,3)20-12-14-21(15-13-20)41(36,37)34-25-24(40-23-11-6-5-10-22(23)38-4)28(39-19-8-7-18-35)33-27(32-25)26-30-16-9-17-31-26/h5-6,9-17,35H,7-8,18-19H2,1-4H3,(H,32,33,34). The third kappa shape index (κ3) is 7.47. The van der Waals surface area contributed by atoms with Gasteiger partial charge < -0.3 is 19.3 Å². The molecule has 4 rings (SSSR count). The SMILES string of the molecule is COc1ccccc1Oc1c(NS(=O)(=O)c2ccc(C(C)(C)C)cc2)nc(-c2ncccn2)nc1OCCCCO. The van der Waals surface area contributed by atoms with Crippen molar-refractivity contribution < 1.29 is 27.7 Å². The van der Waals surface area contributed by atoms with Gasteiger partial charge >= 0.3 is 0 Å². The third-order valence-electron chi connectivity index (χ3n) is 5.93. The summed E-state index contributed by atoms with van der Waals surface area (Å²) in [6.45, 7) is 6.32. The molecule has 0 aliphatic heterocycles. The summed E-state index contributed by atoms with van der Waals surface area (Å²) >= 11 is 0. The van der Waals surface area contributed by atoms with Gasteiger partial charge in [-0.3, -0.25) is 4.72 Å². The van der Waals surface area contributed by atoms with Crippen LogP contribution in [0.2, 0.25) is 0 Å². The number of ether oxygens (including phenoxy) is 3. The lowest BCUT2D eigenvalue weighted by molar-refractivity contribution is 0.244. The minimum absolute atomic E-state index is 0.000136. The average molecular weight is 580 g/mol. The van der Waals surface area contributed by atoms with Crippen LogP contribution in [-0.2, 0) is 15.4 Å². The lowest BCUT2D eigenvalue weighted by Crippen LogP contribution is -2.17. The summed E-state index contributed by atoms with van der Waals surface area (Å²) in [5.74, 6) is 0.589. The first kappa shape index (κ1) is 29.7. The number of nitrogens with zero attached hydrogens (tertiary/aromatic N) is 4. The normalized spacial score (nSPS) is 11.6. The van der Waals surface area contributed by atoms with E-state index in [4.69, 9.17) is 14.2 Å². The van der Waals surface area contributed by atoms with Crippen LogP contribution in [0.25, 0.3) is 11.6 Å². The molecule has 4 aromatic rings. The van der Waals surface area contributed by atoms with E-state index in [-0.39, 0.29) is 58.4 Å². The number of anilines is 1. The zero-order valence-corrected chi connectivity index (χ0v) is 24.2. The Kier molecular flexibility index (Phi) is 9.35. The summed E-state index contributed by atoms with van der Waals surface area (Å²) in [7, 11) is -2.64. The fraction of sp³-hybridized carbons (Fsp3) is 0.310. The molecule has 0 fully saturated rings. The predicted molar refractivity (Wildman–Crippen MR) is 154 cm³/mol. The fourth-order valence-electron chi connectivity index (χ4n) is 3.72. The summed E-state index contributed by atoms with van der Waals surface area (Å²) in [5.41, 5.74) is 0.839. The molecule has 0 radical (unpaired) electrons. The average Bonchev–Trinajstić information content (AvgIpc) is 2.96. The molecule has 2 heterocycles. The highest BCUT2D eigenvalue weighted by atomic mass is 32.2. The number of aliphatic hydroxyl groups is 1. The van der Waals surface area contributed by atoms with E-state index >= 15 is 0 Å². The van der Waals surface area contributed by atoms with Crippen molar-refractivity contribution in [3.63, 3.8) is 0 Å². The van der Waals surface area contributed by atoms with Crippen LogP contribution in [0.5, 0.6) is 23.1 Å². The minimum Gasteiger partial charge on any atom is -0.493 e. The summed E-state index contributed by atoms with van der Waals surface area (Å²) in [4.78, 5) is 17.4. The number of hydrogen-bond donors (Lipinski definition) is 2. The first-order chi connectivity index (χ1) is 19.6. The van der Waals surface area contributed by atoms with E-state index < -0.39 is 10.0 Å². The van der Waals surface area contributed by atoms with Crippen molar-refractivity contribution in [3.05, 3.63) is 72.6 Å². The number of aliphatic hydroxyl groups excluding tert-OH is 1. The molecule has 0 bridgehead atoms. The minimum atomic E-state index is -4.13. The van der Waals surface area contributed by atoms with E-state index in [1.807, 2.05) is 20.8 Å². The van der Waals surface area contributed by atoms with Crippen LogP contribution < -0.4 is 18.9 Å². The highest BCUT2D eigenvalue weighted by Gasteiger charge is 2.26. The second-order valence-corrected chi connectivity index (χ2v) is 11.7. The molecule has 0 atom stereocenters. The topological polar surface area (TPSA) is 146 Å². The molecular formula is C29H33N5O6S. The molecule has 2 aromatic heterocycles. The Labute approximate surface area is 239 Å². The lowest BCUT2D eigenvalue weighted by atomic mass is 9.87. The number of hydrogen-bond acceptors (Lipinski definition) is 10. The van der Waals surface area contributed by atoms with Gasteiger partial charge in [0.05, 0.1) is 18.6 Å². The quantitative estimate of drug-likeness (QED) is 0.220. The van der Waals surface area contributed by atoms with E-state index in [1.165, 1.54) is 19.5 Å². The van der Waals surface area contributed by atoms with Crippen molar-refractivity contribution in [3.8, 4) is 34.8 Å². The largest absolute Gasteiger partial charge is 0.493 e.